The van der Waals surface area contributed by atoms with Gasteiger partial charge in [0.2, 0.25) is 0 Å². The molecule has 6 rings (SSSR count). The molecule has 0 heterocycles. The minimum Gasteiger partial charge on any atom is -1.00 e. The van der Waals surface area contributed by atoms with Gasteiger partial charge in [0.25, 0.3) is 0 Å². The van der Waals surface area contributed by atoms with Gasteiger partial charge in [0, 0.05) is 0 Å². The number of halogens is 8. The van der Waals surface area contributed by atoms with Gasteiger partial charge in [0.1, 0.15) is 0 Å². The summed E-state index contributed by atoms with van der Waals surface area (Å²) in [4.78, 5) is 0. The first-order valence-corrected chi connectivity index (χ1v) is 16.5. The number of alkyl halides is 6. The van der Waals surface area contributed by atoms with Crippen LogP contribution in [0.4, 0.5) is 26.3 Å². The van der Waals surface area contributed by atoms with Crippen molar-refractivity contribution in [2.75, 3.05) is 0 Å². The van der Waals surface area contributed by atoms with Crippen molar-refractivity contribution in [1.29, 1.82) is 0 Å². The van der Waals surface area contributed by atoms with E-state index in [1.807, 2.05) is 24.3 Å². The Hall–Kier alpha value is -2.87. The first-order chi connectivity index (χ1) is 22.7. The molecular formula is C42H38Cl2F6Hf. The zero-order valence-electron chi connectivity index (χ0n) is 28.7. The zero-order valence-corrected chi connectivity index (χ0v) is 33.8. The van der Waals surface area contributed by atoms with E-state index in [1.54, 1.807) is 24.3 Å². The average molecular weight is 906 g/mol. The van der Waals surface area contributed by atoms with Crippen LogP contribution in [0.5, 0.6) is 0 Å². The molecule has 0 spiro atoms. The zero-order chi connectivity index (χ0) is 34.4. The van der Waals surface area contributed by atoms with Crippen LogP contribution < -0.4 is 24.8 Å². The standard InChI is InChI=1S/C42H38F6.2ClH.Hf/c1-25(2)21-31-23-29-7-5-9-35(27-11-15-33(16-12-27)41(43,44)45)39(29)37(31)19-20-38-32(22-26(3)4)24-30-8-6-10-36(40(30)38)28-13-17-34(18-14-28)42(46,47)48;;;/h5-18,23-26H,19-22H2,1-4H3;2*1H;/q-2;;;+4/p-2. The molecule has 0 aliphatic heterocycles. The Bertz CT molecular complexity index is 1900. The maximum Gasteiger partial charge on any atom is 4.00 e. The molecule has 6 aromatic carbocycles. The van der Waals surface area contributed by atoms with Crippen molar-refractivity contribution in [1.82, 2.24) is 0 Å². The summed E-state index contributed by atoms with van der Waals surface area (Å²) in [5, 5.41) is 4.27. The summed E-state index contributed by atoms with van der Waals surface area (Å²) in [7, 11) is 0. The second kappa shape index (κ2) is 16.9. The van der Waals surface area contributed by atoms with Gasteiger partial charge in [-0.2, -0.15) is 37.5 Å². The minimum absolute atomic E-state index is 0. The maximum atomic E-state index is 13.4. The molecule has 9 heteroatoms. The summed E-state index contributed by atoms with van der Waals surface area (Å²) in [5.74, 6) is 0.801. The molecular weight excluding hydrogens is 868 g/mol. The Balaban J connectivity index is 0.00000234. The third kappa shape index (κ3) is 9.20. The van der Waals surface area contributed by atoms with Crippen LogP contribution in [0.3, 0.4) is 0 Å². The molecule has 0 N–H and O–H groups in total. The van der Waals surface area contributed by atoms with Crippen LogP contribution in [0.1, 0.15) is 61.1 Å². The summed E-state index contributed by atoms with van der Waals surface area (Å²) in [5.41, 5.74) is 6.82. The summed E-state index contributed by atoms with van der Waals surface area (Å²) < 4.78 is 80.3. The molecule has 0 nitrogen and oxygen atoms in total. The SMILES string of the molecule is CC(C)Cc1[cH-]c2cccc(-c3ccc(C(F)(F)F)cc3)c2c1CCc1c(CC(C)C)[cH-]c2cccc(-c3ccc(C(F)(F)F)cc3)c12.[Cl-].[Cl-].[Hf+4]. The van der Waals surface area contributed by atoms with Crippen LogP contribution >= 0.6 is 0 Å². The second-order valence-corrected chi connectivity index (χ2v) is 13.7. The molecule has 0 atom stereocenters. The molecule has 51 heavy (non-hydrogen) atoms. The van der Waals surface area contributed by atoms with Crippen molar-refractivity contribution in [3.63, 3.8) is 0 Å². The monoisotopic (exact) mass is 906 g/mol. The molecule has 0 aliphatic rings. The molecule has 0 saturated heterocycles. The largest absolute Gasteiger partial charge is 4.00 e. The third-order valence-corrected chi connectivity index (χ3v) is 9.16. The van der Waals surface area contributed by atoms with Crippen LogP contribution in [-0.4, -0.2) is 0 Å². The van der Waals surface area contributed by atoms with Gasteiger partial charge in [-0.15, -0.1) is 69.1 Å². The second-order valence-electron chi connectivity index (χ2n) is 13.7. The Morgan fingerprint density at radius 2 is 0.843 bits per heavy atom. The van der Waals surface area contributed by atoms with E-state index in [0.29, 0.717) is 11.8 Å². The van der Waals surface area contributed by atoms with Crippen molar-refractivity contribution < 1.29 is 77.0 Å². The Labute approximate surface area is 327 Å². The number of rotatable bonds is 9. The van der Waals surface area contributed by atoms with Gasteiger partial charge < -0.3 is 24.8 Å². The number of aryl methyl sites for hydroxylation is 2. The molecule has 0 aromatic heterocycles. The smallest absolute Gasteiger partial charge is 1.00 e. The van der Waals surface area contributed by atoms with E-state index < -0.39 is 23.5 Å². The van der Waals surface area contributed by atoms with Crippen molar-refractivity contribution in [2.45, 2.75) is 65.7 Å². The van der Waals surface area contributed by atoms with Crippen LogP contribution in [-0.2, 0) is 63.9 Å². The summed E-state index contributed by atoms with van der Waals surface area (Å²) >= 11 is 0. The first-order valence-electron chi connectivity index (χ1n) is 16.5. The Morgan fingerprint density at radius 3 is 1.14 bits per heavy atom. The molecule has 266 valence electrons. The summed E-state index contributed by atoms with van der Waals surface area (Å²) in [6.45, 7) is 8.72. The van der Waals surface area contributed by atoms with Gasteiger partial charge in [0.05, 0.1) is 11.1 Å². The molecule has 0 unspecified atom stereocenters. The van der Waals surface area contributed by atoms with Crippen molar-refractivity contribution >= 4 is 21.5 Å². The van der Waals surface area contributed by atoms with Gasteiger partial charge in [0.15, 0.2) is 0 Å². The van der Waals surface area contributed by atoms with Crippen LogP contribution in [0.15, 0.2) is 97.1 Å². The van der Waals surface area contributed by atoms with E-state index in [4.69, 9.17) is 0 Å². The fourth-order valence-electron chi connectivity index (χ4n) is 7.15. The minimum atomic E-state index is -4.41. The van der Waals surface area contributed by atoms with E-state index in [2.05, 4.69) is 52.0 Å². The van der Waals surface area contributed by atoms with E-state index in [1.165, 1.54) is 22.3 Å². The topological polar surface area (TPSA) is 0 Å². The molecule has 0 fully saturated rings. The fourth-order valence-corrected chi connectivity index (χ4v) is 7.15. The number of benzene rings is 4. The molecule has 0 aliphatic carbocycles. The summed E-state index contributed by atoms with van der Waals surface area (Å²) in [6, 6.07) is 27.3. The maximum absolute atomic E-state index is 13.4. The molecule has 0 radical (unpaired) electrons. The van der Waals surface area contributed by atoms with E-state index >= 15 is 0 Å². The average Bonchev–Trinajstić information content (AvgIpc) is 3.55. The quantitative estimate of drug-likeness (QED) is 0.0835. The Kier molecular flexibility index (Phi) is 14.1. The van der Waals surface area contributed by atoms with Gasteiger partial charge in [-0.3, -0.25) is 0 Å². The van der Waals surface area contributed by atoms with Crippen molar-refractivity contribution in [3.8, 4) is 22.3 Å². The molecule has 0 bridgehead atoms. The van der Waals surface area contributed by atoms with Gasteiger partial charge >= 0.3 is 38.2 Å². The predicted molar refractivity (Wildman–Crippen MR) is 184 cm³/mol. The predicted octanol–water partition coefficient (Wildman–Crippen LogP) is 6.99. The first kappa shape index (κ1) is 42.5. The van der Waals surface area contributed by atoms with Crippen LogP contribution in [0.2, 0.25) is 0 Å². The fraction of sp³-hybridized carbons (Fsp3) is 0.286. The normalized spacial score (nSPS) is 11.9. The van der Waals surface area contributed by atoms with Crippen LogP contribution in [0, 0.1) is 11.8 Å². The summed E-state index contributed by atoms with van der Waals surface area (Å²) in [6.07, 6.45) is -5.64. The number of hydrogen-bond donors (Lipinski definition) is 0. The molecule has 0 saturated carbocycles. The van der Waals surface area contributed by atoms with Crippen molar-refractivity contribution in [3.05, 3.63) is 130 Å². The van der Waals surface area contributed by atoms with Gasteiger partial charge in [-0.05, 0) is 60.1 Å². The third-order valence-electron chi connectivity index (χ3n) is 9.16. The van der Waals surface area contributed by atoms with Crippen molar-refractivity contribution in [2.24, 2.45) is 11.8 Å². The van der Waals surface area contributed by atoms with E-state index in [9.17, 15) is 26.3 Å². The van der Waals surface area contributed by atoms with Crippen LogP contribution in [0.25, 0.3) is 43.8 Å². The molecule has 0 amide bonds. The number of hydrogen-bond acceptors (Lipinski definition) is 0. The van der Waals surface area contributed by atoms with E-state index in [-0.39, 0.29) is 50.7 Å². The van der Waals surface area contributed by atoms with E-state index in [0.717, 1.165) is 93.7 Å². The molecule has 6 aromatic rings. The van der Waals surface area contributed by atoms with Gasteiger partial charge in [-0.1, -0.05) is 88.1 Å². The Morgan fingerprint density at radius 1 is 0.510 bits per heavy atom. The number of fused-ring (bicyclic) bond motifs is 2. The van der Waals surface area contributed by atoms with Gasteiger partial charge in [-0.25, -0.2) is 0 Å².